The smallest absolute Gasteiger partial charge is 0.321 e. The molecule has 3 fully saturated rings. The third-order valence-corrected chi connectivity index (χ3v) is 3.68. The molecule has 0 unspecified atom stereocenters. The fraction of sp³-hybridized carbons (Fsp3) is 0.857. The zero-order valence-corrected chi connectivity index (χ0v) is 11.8. The number of carbonyl (C=O) groups is 2. The quantitative estimate of drug-likeness (QED) is 0.754. The Morgan fingerprint density at radius 2 is 1.00 bits per heavy atom. The van der Waals surface area contributed by atoms with Crippen LogP contribution in [-0.4, -0.2) is 48.6 Å². The van der Waals surface area contributed by atoms with Crippen LogP contribution in [0.25, 0.3) is 0 Å². The van der Waals surface area contributed by atoms with Crippen molar-refractivity contribution in [1.82, 2.24) is 0 Å². The highest BCUT2D eigenvalue weighted by Gasteiger charge is 2.46. The molecular formula is C14H24O6. The zero-order chi connectivity index (χ0) is 14.8. The molecule has 0 aromatic carbocycles. The monoisotopic (exact) mass is 288 g/mol. The molecule has 3 aliphatic rings. The number of hydrogen-bond donors (Lipinski definition) is 2. The predicted octanol–water partition coefficient (Wildman–Crippen LogP) is 1.92. The van der Waals surface area contributed by atoms with Crippen LogP contribution in [0.5, 0.6) is 0 Å². The van der Waals surface area contributed by atoms with E-state index in [2.05, 4.69) is 0 Å². The molecule has 0 aromatic heterocycles. The summed E-state index contributed by atoms with van der Waals surface area (Å²) >= 11 is 0. The van der Waals surface area contributed by atoms with E-state index in [1.807, 2.05) is 0 Å². The van der Waals surface area contributed by atoms with Crippen LogP contribution in [0.4, 0.5) is 0 Å². The van der Waals surface area contributed by atoms with E-state index < -0.39 is 17.4 Å². The molecule has 0 bridgehead atoms. The van der Waals surface area contributed by atoms with Crippen LogP contribution in [-0.2, 0) is 19.1 Å². The van der Waals surface area contributed by atoms with Gasteiger partial charge in [0.15, 0.2) is 5.41 Å². The van der Waals surface area contributed by atoms with Crippen molar-refractivity contribution < 1.29 is 29.3 Å². The fourth-order valence-electron chi connectivity index (χ4n) is 1.96. The summed E-state index contributed by atoms with van der Waals surface area (Å²) in [5, 5.41) is 17.6. The van der Waals surface area contributed by atoms with Crippen molar-refractivity contribution in [3.8, 4) is 0 Å². The summed E-state index contributed by atoms with van der Waals surface area (Å²) < 4.78 is 9.44. The Balaban J connectivity index is 0.000000200. The van der Waals surface area contributed by atoms with E-state index in [9.17, 15) is 9.59 Å². The molecule has 1 aliphatic carbocycles. The molecule has 3 rings (SSSR count). The van der Waals surface area contributed by atoms with E-state index >= 15 is 0 Å². The summed E-state index contributed by atoms with van der Waals surface area (Å²) in [5.74, 6) is -2.37. The second kappa shape index (κ2) is 8.92. The van der Waals surface area contributed by atoms with Gasteiger partial charge in [-0.1, -0.05) is 19.3 Å². The minimum Gasteiger partial charge on any atom is -0.480 e. The van der Waals surface area contributed by atoms with Crippen LogP contribution in [0.15, 0.2) is 0 Å². The second-order valence-electron chi connectivity index (χ2n) is 5.18. The van der Waals surface area contributed by atoms with Crippen LogP contribution < -0.4 is 0 Å². The highest BCUT2D eigenvalue weighted by Crippen LogP contribution is 2.36. The first-order valence-electron chi connectivity index (χ1n) is 7.22. The molecule has 116 valence electrons. The Morgan fingerprint density at radius 1 is 0.700 bits per heavy atom. The predicted molar refractivity (Wildman–Crippen MR) is 71.7 cm³/mol. The van der Waals surface area contributed by atoms with Gasteiger partial charge in [-0.3, -0.25) is 9.59 Å². The van der Waals surface area contributed by atoms with Gasteiger partial charge < -0.3 is 19.7 Å². The van der Waals surface area contributed by atoms with Gasteiger partial charge in [-0.15, -0.1) is 0 Å². The highest BCUT2D eigenvalue weighted by atomic mass is 16.5. The lowest BCUT2D eigenvalue weighted by Crippen LogP contribution is -2.40. The third kappa shape index (κ3) is 5.09. The van der Waals surface area contributed by atoms with Crippen LogP contribution in [0.3, 0.4) is 0 Å². The normalized spacial score (nSPS) is 22.6. The standard InChI is InChI=1S/C8H12O4.2C3H6O/c9-6(10)8(7(11)12)4-2-1-3-5-8;2*1-2-4-3-1/h1-5H2,(H,9,10)(H,11,12);2*1-3H2. The van der Waals surface area contributed by atoms with Crippen molar-refractivity contribution >= 4 is 11.9 Å². The van der Waals surface area contributed by atoms with Crippen molar-refractivity contribution in [2.75, 3.05) is 26.4 Å². The van der Waals surface area contributed by atoms with E-state index in [4.69, 9.17) is 19.7 Å². The molecule has 0 atom stereocenters. The molecule has 0 aromatic rings. The number of carboxylic acids is 2. The maximum atomic E-state index is 10.7. The topological polar surface area (TPSA) is 93.1 Å². The molecule has 2 heterocycles. The van der Waals surface area contributed by atoms with Crippen molar-refractivity contribution in [2.45, 2.75) is 44.9 Å². The molecule has 0 radical (unpaired) electrons. The van der Waals surface area contributed by atoms with Gasteiger partial charge >= 0.3 is 11.9 Å². The molecule has 0 amide bonds. The fourth-order valence-corrected chi connectivity index (χ4v) is 1.96. The van der Waals surface area contributed by atoms with Crippen LogP contribution in [0.2, 0.25) is 0 Å². The molecular weight excluding hydrogens is 264 g/mol. The first-order valence-corrected chi connectivity index (χ1v) is 7.22. The lowest BCUT2D eigenvalue weighted by molar-refractivity contribution is -0.167. The van der Waals surface area contributed by atoms with E-state index in [1.165, 1.54) is 12.8 Å². The van der Waals surface area contributed by atoms with Gasteiger partial charge in [0, 0.05) is 26.4 Å². The molecule has 2 aliphatic heterocycles. The van der Waals surface area contributed by atoms with E-state index in [0.717, 1.165) is 32.8 Å². The SMILES string of the molecule is C1COC1.C1COC1.O=C(O)C1(C(=O)O)CCCCC1. The van der Waals surface area contributed by atoms with Gasteiger partial charge in [0.1, 0.15) is 0 Å². The van der Waals surface area contributed by atoms with Crippen molar-refractivity contribution in [1.29, 1.82) is 0 Å². The highest BCUT2D eigenvalue weighted by molar-refractivity contribution is 5.98. The van der Waals surface area contributed by atoms with E-state index in [-0.39, 0.29) is 12.8 Å². The van der Waals surface area contributed by atoms with Gasteiger partial charge in [0.25, 0.3) is 0 Å². The molecule has 2 saturated heterocycles. The zero-order valence-electron chi connectivity index (χ0n) is 11.8. The molecule has 0 spiro atoms. The number of carboxylic acid groups (broad SMARTS) is 2. The van der Waals surface area contributed by atoms with Crippen molar-refractivity contribution in [3.05, 3.63) is 0 Å². The van der Waals surface area contributed by atoms with Gasteiger partial charge in [-0.05, 0) is 25.7 Å². The van der Waals surface area contributed by atoms with Crippen LogP contribution in [0.1, 0.15) is 44.9 Å². The Morgan fingerprint density at radius 3 is 1.15 bits per heavy atom. The summed E-state index contributed by atoms with van der Waals surface area (Å²) in [6.07, 6.45) is 5.47. The summed E-state index contributed by atoms with van der Waals surface area (Å²) in [6, 6.07) is 0. The first-order chi connectivity index (χ1) is 9.59. The average Bonchev–Trinajstić information content (AvgIpc) is 2.24. The maximum absolute atomic E-state index is 10.7. The number of rotatable bonds is 2. The van der Waals surface area contributed by atoms with Gasteiger partial charge in [0.2, 0.25) is 0 Å². The van der Waals surface area contributed by atoms with Gasteiger partial charge in [-0.25, -0.2) is 0 Å². The van der Waals surface area contributed by atoms with E-state index in [0.29, 0.717) is 12.8 Å². The lowest BCUT2D eigenvalue weighted by Gasteiger charge is -2.28. The molecule has 6 heteroatoms. The minimum absolute atomic E-state index is 0.275. The molecule has 20 heavy (non-hydrogen) atoms. The Hall–Kier alpha value is -1.14. The van der Waals surface area contributed by atoms with Crippen molar-refractivity contribution in [3.63, 3.8) is 0 Å². The lowest BCUT2D eigenvalue weighted by atomic mass is 9.74. The number of hydrogen-bond acceptors (Lipinski definition) is 4. The van der Waals surface area contributed by atoms with Crippen molar-refractivity contribution in [2.24, 2.45) is 5.41 Å². The Labute approximate surface area is 119 Å². The summed E-state index contributed by atoms with van der Waals surface area (Å²) in [5.41, 5.74) is -1.49. The second-order valence-corrected chi connectivity index (χ2v) is 5.18. The third-order valence-electron chi connectivity index (χ3n) is 3.68. The number of aliphatic carboxylic acids is 2. The van der Waals surface area contributed by atoms with E-state index in [1.54, 1.807) is 0 Å². The summed E-state index contributed by atoms with van der Waals surface area (Å²) in [6.45, 7) is 4.00. The Bertz CT molecular complexity index is 269. The number of ether oxygens (including phenoxy) is 2. The minimum atomic E-state index is -1.49. The largest absolute Gasteiger partial charge is 0.480 e. The first kappa shape index (κ1) is 16.9. The molecule has 1 saturated carbocycles. The molecule has 6 nitrogen and oxygen atoms in total. The summed E-state index contributed by atoms with van der Waals surface area (Å²) in [7, 11) is 0. The maximum Gasteiger partial charge on any atom is 0.321 e. The van der Waals surface area contributed by atoms with Gasteiger partial charge in [-0.2, -0.15) is 0 Å². The average molecular weight is 288 g/mol. The van der Waals surface area contributed by atoms with Crippen LogP contribution in [0, 0.1) is 5.41 Å². The van der Waals surface area contributed by atoms with Crippen LogP contribution >= 0.6 is 0 Å². The Kier molecular flexibility index (Phi) is 7.54. The summed E-state index contributed by atoms with van der Waals surface area (Å²) in [4.78, 5) is 21.5. The molecule has 2 N–H and O–H groups in total. The van der Waals surface area contributed by atoms with Gasteiger partial charge in [0.05, 0.1) is 0 Å².